The molecule has 1 saturated heterocycles. The third kappa shape index (κ3) is 2.41. The Kier molecular flexibility index (Phi) is 3.44. The quantitative estimate of drug-likeness (QED) is 0.838. The molecule has 0 aliphatic carbocycles. The number of fused-ring (bicyclic) bond motifs is 1. The molecule has 1 amide bonds. The molecule has 1 aliphatic rings. The molecule has 0 spiro atoms. The van der Waals surface area contributed by atoms with Crippen LogP contribution in [0.2, 0.25) is 0 Å². The molecular weight excluding hydrogens is 254 g/mol. The van der Waals surface area contributed by atoms with Gasteiger partial charge >= 0.3 is 0 Å². The van der Waals surface area contributed by atoms with Crippen LogP contribution in [0.3, 0.4) is 0 Å². The highest BCUT2D eigenvalue weighted by Crippen LogP contribution is 2.18. The number of aryl methyl sites for hydroxylation is 1. The lowest BCUT2D eigenvalue weighted by atomic mass is 10.1. The van der Waals surface area contributed by atoms with Gasteiger partial charge in [0, 0.05) is 38.7 Å². The molecule has 5 heteroatoms. The molecule has 3 rings (SSSR count). The number of carbonyl (C=O) groups excluding carboxylic acids is 1. The smallest absolute Gasteiger partial charge is 0.254 e. The molecule has 1 aromatic carbocycles. The van der Waals surface area contributed by atoms with Crippen LogP contribution in [0.1, 0.15) is 23.2 Å². The minimum Gasteiger partial charge on any atom is -0.441 e. The lowest BCUT2D eigenvalue weighted by molar-refractivity contribution is 0.0643. The van der Waals surface area contributed by atoms with E-state index in [4.69, 9.17) is 4.42 Å². The number of oxazole rings is 1. The summed E-state index contributed by atoms with van der Waals surface area (Å²) in [6, 6.07) is 5.48. The number of rotatable bonds is 2. The van der Waals surface area contributed by atoms with Crippen molar-refractivity contribution in [2.45, 2.75) is 13.8 Å². The van der Waals surface area contributed by atoms with Crippen molar-refractivity contribution in [1.29, 1.82) is 0 Å². The normalized spacial score (nSPS) is 16.8. The van der Waals surface area contributed by atoms with E-state index in [1.165, 1.54) is 0 Å². The molecule has 0 N–H and O–H groups in total. The first kappa shape index (κ1) is 13.1. The van der Waals surface area contributed by atoms with Crippen molar-refractivity contribution in [3.8, 4) is 0 Å². The molecular formula is C15H19N3O2. The Morgan fingerprint density at radius 2 is 2.05 bits per heavy atom. The Balaban J connectivity index is 1.78. The van der Waals surface area contributed by atoms with Gasteiger partial charge in [0.25, 0.3) is 5.91 Å². The number of nitrogens with zero attached hydrogens (tertiary/aromatic N) is 3. The van der Waals surface area contributed by atoms with Crippen LogP contribution in [0.15, 0.2) is 22.6 Å². The predicted octanol–water partition coefficient (Wildman–Crippen LogP) is 1.91. The standard InChI is InChI=1S/C15H19N3O2/c1-3-17-6-8-18(9-7-17)15(19)12-4-5-13-14(10-12)20-11(2)16-13/h4-5,10H,3,6-9H2,1-2H3. The Morgan fingerprint density at radius 3 is 2.75 bits per heavy atom. The first-order chi connectivity index (χ1) is 9.67. The summed E-state index contributed by atoms with van der Waals surface area (Å²) < 4.78 is 5.49. The number of amides is 1. The number of benzene rings is 1. The van der Waals surface area contributed by atoms with E-state index in [-0.39, 0.29) is 5.91 Å². The van der Waals surface area contributed by atoms with Crippen molar-refractivity contribution < 1.29 is 9.21 Å². The summed E-state index contributed by atoms with van der Waals surface area (Å²) in [5, 5.41) is 0. The van der Waals surface area contributed by atoms with Gasteiger partial charge in [-0.15, -0.1) is 0 Å². The molecule has 1 aromatic heterocycles. The number of aromatic nitrogens is 1. The molecule has 0 bridgehead atoms. The molecule has 20 heavy (non-hydrogen) atoms. The van der Waals surface area contributed by atoms with Crippen molar-refractivity contribution in [2.24, 2.45) is 0 Å². The van der Waals surface area contributed by atoms with E-state index in [1.807, 2.05) is 24.0 Å². The van der Waals surface area contributed by atoms with Crippen LogP contribution < -0.4 is 0 Å². The third-order valence-electron chi connectivity index (χ3n) is 3.85. The van der Waals surface area contributed by atoms with Gasteiger partial charge in [-0.2, -0.15) is 0 Å². The Morgan fingerprint density at radius 1 is 1.30 bits per heavy atom. The van der Waals surface area contributed by atoms with E-state index in [1.54, 1.807) is 6.07 Å². The average Bonchev–Trinajstić information content (AvgIpc) is 2.85. The Labute approximate surface area is 118 Å². The van der Waals surface area contributed by atoms with Crippen molar-refractivity contribution >= 4 is 17.0 Å². The monoisotopic (exact) mass is 273 g/mol. The van der Waals surface area contributed by atoms with Gasteiger partial charge in [-0.25, -0.2) is 4.98 Å². The summed E-state index contributed by atoms with van der Waals surface area (Å²) in [6.07, 6.45) is 0. The second kappa shape index (κ2) is 5.25. The molecule has 0 saturated carbocycles. The highest BCUT2D eigenvalue weighted by atomic mass is 16.3. The maximum atomic E-state index is 12.5. The molecule has 2 aromatic rings. The van der Waals surface area contributed by atoms with E-state index in [0.29, 0.717) is 17.0 Å². The zero-order valence-corrected chi connectivity index (χ0v) is 11.9. The summed E-state index contributed by atoms with van der Waals surface area (Å²) in [4.78, 5) is 21.0. The van der Waals surface area contributed by atoms with Crippen molar-refractivity contribution in [1.82, 2.24) is 14.8 Å². The Hall–Kier alpha value is -1.88. The predicted molar refractivity (Wildman–Crippen MR) is 76.8 cm³/mol. The number of likely N-dealkylation sites (N-methyl/N-ethyl adjacent to an activating group) is 1. The van der Waals surface area contributed by atoms with Crippen LogP contribution in [0.5, 0.6) is 0 Å². The fourth-order valence-corrected chi connectivity index (χ4v) is 2.62. The molecule has 2 heterocycles. The second-order valence-electron chi connectivity index (χ2n) is 5.14. The van der Waals surface area contributed by atoms with Crippen LogP contribution in [0.25, 0.3) is 11.1 Å². The molecule has 0 unspecified atom stereocenters. The molecule has 5 nitrogen and oxygen atoms in total. The minimum absolute atomic E-state index is 0.0803. The maximum Gasteiger partial charge on any atom is 0.254 e. The van der Waals surface area contributed by atoms with Gasteiger partial charge in [0.1, 0.15) is 5.52 Å². The van der Waals surface area contributed by atoms with E-state index in [0.717, 1.165) is 38.2 Å². The fourth-order valence-electron chi connectivity index (χ4n) is 2.62. The Bertz CT molecular complexity index is 627. The summed E-state index contributed by atoms with van der Waals surface area (Å²) in [5.41, 5.74) is 2.16. The van der Waals surface area contributed by atoms with Crippen LogP contribution >= 0.6 is 0 Å². The van der Waals surface area contributed by atoms with Crippen LogP contribution in [0.4, 0.5) is 0 Å². The third-order valence-corrected chi connectivity index (χ3v) is 3.85. The zero-order valence-electron chi connectivity index (χ0n) is 11.9. The van der Waals surface area contributed by atoms with Gasteiger partial charge in [0.15, 0.2) is 11.5 Å². The number of hydrogen-bond donors (Lipinski definition) is 0. The number of piperazine rings is 1. The molecule has 1 aliphatic heterocycles. The summed E-state index contributed by atoms with van der Waals surface area (Å²) in [7, 11) is 0. The van der Waals surface area contributed by atoms with Gasteiger partial charge in [-0.05, 0) is 24.7 Å². The highest BCUT2D eigenvalue weighted by Gasteiger charge is 2.21. The first-order valence-corrected chi connectivity index (χ1v) is 7.06. The van der Waals surface area contributed by atoms with Crippen LogP contribution in [-0.2, 0) is 0 Å². The van der Waals surface area contributed by atoms with Crippen molar-refractivity contribution in [3.63, 3.8) is 0 Å². The maximum absolute atomic E-state index is 12.5. The van der Waals surface area contributed by atoms with E-state index < -0.39 is 0 Å². The first-order valence-electron chi connectivity index (χ1n) is 7.06. The summed E-state index contributed by atoms with van der Waals surface area (Å²) >= 11 is 0. The summed E-state index contributed by atoms with van der Waals surface area (Å²) in [6.45, 7) is 8.49. The fraction of sp³-hybridized carbons (Fsp3) is 0.467. The van der Waals surface area contributed by atoms with Gasteiger partial charge < -0.3 is 14.2 Å². The van der Waals surface area contributed by atoms with Crippen molar-refractivity contribution in [2.75, 3.05) is 32.7 Å². The van der Waals surface area contributed by atoms with Gasteiger partial charge in [0.2, 0.25) is 0 Å². The molecule has 1 fully saturated rings. The van der Waals surface area contributed by atoms with Gasteiger partial charge in [-0.1, -0.05) is 6.92 Å². The average molecular weight is 273 g/mol. The molecule has 106 valence electrons. The SMILES string of the molecule is CCN1CCN(C(=O)c2ccc3nc(C)oc3c2)CC1. The van der Waals surface area contributed by atoms with E-state index in [9.17, 15) is 4.79 Å². The van der Waals surface area contributed by atoms with Crippen molar-refractivity contribution in [3.05, 3.63) is 29.7 Å². The van der Waals surface area contributed by atoms with E-state index >= 15 is 0 Å². The van der Waals surface area contributed by atoms with Gasteiger partial charge in [-0.3, -0.25) is 4.79 Å². The number of hydrogen-bond acceptors (Lipinski definition) is 4. The number of carbonyl (C=O) groups is 1. The van der Waals surface area contributed by atoms with Crippen LogP contribution in [0, 0.1) is 6.92 Å². The summed E-state index contributed by atoms with van der Waals surface area (Å²) in [5.74, 6) is 0.706. The zero-order chi connectivity index (χ0) is 14.1. The minimum atomic E-state index is 0.0803. The van der Waals surface area contributed by atoms with E-state index in [2.05, 4.69) is 16.8 Å². The van der Waals surface area contributed by atoms with Gasteiger partial charge in [0.05, 0.1) is 0 Å². The van der Waals surface area contributed by atoms with Crippen LogP contribution in [-0.4, -0.2) is 53.4 Å². The largest absolute Gasteiger partial charge is 0.441 e. The molecule has 0 atom stereocenters. The lowest BCUT2D eigenvalue weighted by Crippen LogP contribution is -2.48. The second-order valence-corrected chi connectivity index (χ2v) is 5.14. The lowest BCUT2D eigenvalue weighted by Gasteiger charge is -2.34. The topological polar surface area (TPSA) is 49.6 Å². The molecule has 0 radical (unpaired) electrons. The highest BCUT2D eigenvalue weighted by molar-refractivity contribution is 5.97.